The van der Waals surface area contributed by atoms with Crippen LogP contribution in [0.3, 0.4) is 0 Å². The van der Waals surface area contributed by atoms with Gasteiger partial charge in [-0.25, -0.2) is 4.68 Å². The summed E-state index contributed by atoms with van der Waals surface area (Å²) in [6.07, 6.45) is 3.41. The van der Waals surface area contributed by atoms with Crippen LogP contribution in [0.4, 0.5) is 0 Å². The van der Waals surface area contributed by atoms with E-state index >= 15 is 0 Å². The molecule has 1 saturated heterocycles. The highest BCUT2D eigenvalue weighted by Gasteiger charge is 2.37. The number of benzene rings is 1. The Morgan fingerprint density at radius 2 is 2.19 bits per heavy atom. The van der Waals surface area contributed by atoms with Crippen LogP contribution in [0.1, 0.15) is 44.0 Å². The molecule has 0 radical (unpaired) electrons. The maximum Gasteiger partial charge on any atom is 0.137 e. The van der Waals surface area contributed by atoms with Crippen LogP contribution in [0.5, 0.6) is 5.75 Å². The molecule has 1 aromatic heterocycles. The number of hydrogen-bond acceptors (Lipinski definition) is 6. The minimum atomic E-state index is -0.976. The number of aliphatic hydroxyl groups is 1. The fourth-order valence-corrected chi connectivity index (χ4v) is 3.23. The monoisotopic (exact) mass is 355 g/mol. The molecule has 1 atom stereocenters. The molecule has 3 rings (SSSR count). The van der Waals surface area contributed by atoms with Gasteiger partial charge < -0.3 is 9.84 Å². The maximum absolute atomic E-state index is 11.1. The summed E-state index contributed by atoms with van der Waals surface area (Å²) in [5, 5.41) is 28.5. The molecule has 1 unspecified atom stereocenters. The second kappa shape index (κ2) is 7.85. The molecular formula is C19H25N5O2. The first-order valence-corrected chi connectivity index (χ1v) is 9.01. The Bertz CT molecular complexity index is 782. The maximum atomic E-state index is 11.1. The number of aromatic nitrogens is 3. The molecule has 7 nitrogen and oxygen atoms in total. The van der Waals surface area contributed by atoms with E-state index in [4.69, 9.17) is 10.00 Å². The SMILES string of the molecule is CC(C)n1cc(C2(O)CCCN(CCOc3ccccc3C#N)C2)nn1. The summed E-state index contributed by atoms with van der Waals surface area (Å²) >= 11 is 0. The second-order valence-electron chi connectivity index (χ2n) is 7.05. The van der Waals surface area contributed by atoms with Crippen LogP contribution in [0.15, 0.2) is 30.5 Å². The van der Waals surface area contributed by atoms with E-state index in [1.807, 2.05) is 32.2 Å². The van der Waals surface area contributed by atoms with E-state index in [0.29, 0.717) is 43.1 Å². The summed E-state index contributed by atoms with van der Waals surface area (Å²) in [4.78, 5) is 2.17. The van der Waals surface area contributed by atoms with E-state index in [9.17, 15) is 5.11 Å². The highest BCUT2D eigenvalue weighted by atomic mass is 16.5. The van der Waals surface area contributed by atoms with Gasteiger partial charge in [-0.05, 0) is 45.4 Å². The van der Waals surface area contributed by atoms with E-state index in [1.54, 1.807) is 16.8 Å². The zero-order valence-electron chi connectivity index (χ0n) is 15.3. The zero-order chi connectivity index (χ0) is 18.6. The van der Waals surface area contributed by atoms with Crippen molar-refractivity contribution in [1.82, 2.24) is 19.9 Å². The summed E-state index contributed by atoms with van der Waals surface area (Å²) in [6, 6.07) is 9.57. The molecule has 26 heavy (non-hydrogen) atoms. The van der Waals surface area contributed by atoms with Gasteiger partial charge >= 0.3 is 0 Å². The van der Waals surface area contributed by atoms with Crippen LogP contribution in [-0.4, -0.2) is 51.2 Å². The normalized spacial score (nSPS) is 20.9. The third kappa shape index (κ3) is 4.03. The van der Waals surface area contributed by atoms with Crippen molar-refractivity contribution in [3.63, 3.8) is 0 Å². The van der Waals surface area contributed by atoms with Crippen LogP contribution < -0.4 is 4.74 Å². The van der Waals surface area contributed by atoms with E-state index in [1.165, 1.54) is 0 Å². The number of likely N-dealkylation sites (tertiary alicyclic amines) is 1. The van der Waals surface area contributed by atoms with Gasteiger partial charge in [0.05, 0.1) is 11.8 Å². The Kier molecular flexibility index (Phi) is 5.55. The first-order chi connectivity index (χ1) is 12.5. The number of ether oxygens (including phenoxy) is 1. The topological polar surface area (TPSA) is 87.2 Å². The average molecular weight is 355 g/mol. The molecule has 1 aromatic carbocycles. The average Bonchev–Trinajstić information content (AvgIpc) is 3.14. The molecular weight excluding hydrogens is 330 g/mol. The number of nitrogens with zero attached hydrogens (tertiary/aromatic N) is 5. The number of β-amino-alcohol motifs (C(OH)–C–C–N with tert-alkyl or cyclic N) is 1. The first kappa shape index (κ1) is 18.4. The molecule has 0 spiro atoms. The van der Waals surface area contributed by atoms with Gasteiger partial charge in [-0.2, -0.15) is 5.26 Å². The highest BCUT2D eigenvalue weighted by molar-refractivity contribution is 5.42. The Hall–Kier alpha value is -2.43. The second-order valence-corrected chi connectivity index (χ2v) is 7.05. The predicted molar refractivity (Wildman–Crippen MR) is 96.6 cm³/mol. The van der Waals surface area contributed by atoms with Crippen LogP contribution >= 0.6 is 0 Å². The fraction of sp³-hybridized carbons (Fsp3) is 0.526. The van der Waals surface area contributed by atoms with Crippen LogP contribution in [0.25, 0.3) is 0 Å². The number of piperidine rings is 1. The van der Waals surface area contributed by atoms with Crippen molar-refractivity contribution >= 4 is 0 Å². The van der Waals surface area contributed by atoms with Crippen LogP contribution in [-0.2, 0) is 5.60 Å². The van der Waals surface area contributed by atoms with Gasteiger partial charge in [0.15, 0.2) is 0 Å². The van der Waals surface area contributed by atoms with Crippen LogP contribution in [0.2, 0.25) is 0 Å². The third-order valence-electron chi connectivity index (χ3n) is 4.74. The zero-order valence-corrected chi connectivity index (χ0v) is 15.3. The van der Waals surface area contributed by atoms with E-state index in [-0.39, 0.29) is 6.04 Å². The van der Waals surface area contributed by atoms with Crippen molar-refractivity contribution in [3.8, 4) is 11.8 Å². The summed E-state index contributed by atoms with van der Waals surface area (Å²) < 4.78 is 7.53. The van der Waals surface area contributed by atoms with E-state index < -0.39 is 5.60 Å². The summed E-state index contributed by atoms with van der Waals surface area (Å²) in [5.41, 5.74) is 0.190. The first-order valence-electron chi connectivity index (χ1n) is 9.01. The van der Waals surface area contributed by atoms with Gasteiger partial charge in [0.1, 0.15) is 29.7 Å². The fourth-order valence-electron chi connectivity index (χ4n) is 3.23. The van der Waals surface area contributed by atoms with Gasteiger partial charge in [0, 0.05) is 19.1 Å². The Morgan fingerprint density at radius 1 is 1.38 bits per heavy atom. The molecule has 7 heteroatoms. The molecule has 2 heterocycles. The Balaban J connectivity index is 1.59. The van der Waals surface area contributed by atoms with Crippen molar-refractivity contribution in [3.05, 3.63) is 41.7 Å². The standard InChI is InChI=1S/C19H25N5O2/c1-15(2)24-13-18(21-22-24)19(25)8-5-9-23(14-19)10-11-26-17-7-4-3-6-16(17)12-20/h3-4,6-7,13,15,25H,5,8-11,14H2,1-2H3. The molecule has 0 saturated carbocycles. The lowest BCUT2D eigenvalue weighted by molar-refractivity contribution is -0.0413. The summed E-state index contributed by atoms with van der Waals surface area (Å²) in [5.74, 6) is 0.599. The lowest BCUT2D eigenvalue weighted by atomic mass is 9.90. The molecule has 2 aromatic rings. The van der Waals surface area contributed by atoms with Gasteiger partial charge in [-0.15, -0.1) is 5.10 Å². The number of hydrogen-bond donors (Lipinski definition) is 1. The molecule has 0 aliphatic carbocycles. The molecule has 1 N–H and O–H groups in total. The molecule has 0 amide bonds. The van der Waals surface area contributed by atoms with Crippen molar-refractivity contribution in [1.29, 1.82) is 5.26 Å². The van der Waals surface area contributed by atoms with E-state index in [0.717, 1.165) is 13.0 Å². The van der Waals surface area contributed by atoms with Gasteiger partial charge in [0.25, 0.3) is 0 Å². The molecule has 138 valence electrons. The minimum absolute atomic E-state index is 0.216. The third-order valence-corrected chi connectivity index (χ3v) is 4.74. The minimum Gasteiger partial charge on any atom is -0.491 e. The van der Waals surface area contributed by atoms with Crippen molar-refractivity contribution < 1.29 is 9.84 Å². The van der Waals surface area contributed by atoms with Gasteiger partial charge in [-0.3, -0.25) is 4.90 Å². The molecule has 1 fully saturated rings. The lowest BCUT2D eigenvalue weighted by Crippen LogP contribution is -2.47. The molecule has 1 aliphatic heterocycles. The Morgan fingerprint density at radius 3 is 2.92 bits per heavy atom. The van der Waals surface area contributed by atoms with Crippen LogP contribution in [0, 0.1) is 11.3 Å². The number of nitriles is 1. The number of rotatable bonds is 6. The van der Waals surface area contributed by atoms with Gasteiger partial charge in [0.2, 0.25) is 0 Å². The van der Waals surface area contributed by atoms with E-state index in [2.05, 4.69) is 21.3 Å². The van der Waals surface area contributed by atoms with Gasteiger partial charge in [-0.1, -0.05) is 17.3 Å². The Labute approximate surface area is 153 Å². The quantitative estimate of drug-likeness (QED) is 0.854. The highest BCUT2D eigenvalue weighted by Crippen LogP contribution is 2.30. The lowest BCUT2D eigenvalue weighted by Gasteiger charge is -2.37. The van der Waals surface area contributed by atoms with Crippen molar-refractivity contribution in [2.24, 2.45) is 0 Å². The summed E-state index contributed by atoms with van der Waals surface area (Å²) in [6.45, 7) is 6.63. The smallest absolute Gasteiger partial charge is 0.137 e. The molecule has 0 bridgehead atoms. The van der Waals surface area contributed by atoms with Crippen molar-refractivity contribution in [2.45, 2.75) is 38.3 Å². The number of para-hydroxylation sites is 1. The predicted octanol–water partition coefficient (Wildman–Crippen LogP) is 2.09. The summed E-state index contributed by atoms with van der Waals surface area (Å²) in [7, 11) is 0. The van der Waals surface area contributed by atoms with Crippen molar-refractivity contribution in [2.75, 3.05) is 26.2 Å². The molecule has 1 aliphatic rings. The largest absolute Gasteiger partial charge is 0.491 e.